The SMILES string of the molecule is CN1CCN(S(=O)(=O)c2ccc([N+](=O)[O-])cc2)CC1C(=O)OC(C)(C)C. The molecule has 26 heavy (non-hydrogen) atoms. The maximum Gasteiger partial charge on any atom is 0.325 e. The first kappa shape index (κ1) is 20.3. The van der Waals surface area contributed by atoms with Crippen molar-refractivity contribution in [1.82, 2.24) is 9.21 Å². The van der Waals surface area contributed by atoms with Crippen molar-refractivity contribution in [2.24, 2.45) is 0 Å². The van der Waals surface area contributed by atoms with Gasteiger partial charge in [-0.3, -0.25) is 19.8 Å². The lowest BCUT2D eigenvalue weighted by Gasteiger charge is -2.38. The van der Waals surface area contributed by atoms with E-state index in [4.69, 9.17) is 4.74 Å². The van der Waals surface area contributed by atoms with Gasteiger partial charge in [-0.1, -0.05) is 0 Å². The Morgan fingerprint density at radius 2 is 1.81 bits per heavy atom. The van der Waals surface area contributed by atoms with E-state index in [1.165, 1.54) is 16.4 Å². The Hall–Kier alpha value is -2.04. The molecule has 0 aromatic heterocycles. The summed E-state index contributed by atoms with van der Waals surface area (Å²) < 4.78 is 32.2. The van der Waals surface area contributed by atoms with E-state index >= 15 is 0 Å². The molecule has 144 valence electrons. The Kier molecular flexibility index (Phi) is 5.69. The molecule has 10 heteroatoms. The van der Waals surface area contributed by atoms with Gasteiger partial charge in [0, 0.05) is 31.8 Å². The molecular weight excluding hydrogens is 362 g/mol. The molecule has 2 rings (SSSR count). The minimum absolute atomic E-state index is 0.0370. The van der Waals surface area contributed by atoms with Crippen molar-refractivity contribution in [3.05, 3.63) is 34.4 Å². The Labute approximate surface area is 152 Å². The molecule has 1 aliphatic rings. The van der Waals surface area contributed by atoms with E-state index in [-0.39, 0.29) is 23.7 Å². The molecule has 0 spiro atoms. The van der Waals surface area contributed by atoms with Gasteiger partial charge < -0.3 is 4.74 Å². The Bertz CT molecular complexity index is 785. The highest BCUT2D eigenvalue weighted by Crippen LogP contribution is 2.23. The number of likely N-dealkylation sites (N-methyl/N-ethyl adjacent to an activating group) is 1. The average molecular weight is 385 g/mol. The van der Waals surface area contributed by atoms with Gasteiger partial charge in [0.05, 0.1) is 9.82 Å². The van der Waals surface area contributed by atoms with Crippen LogP contribution in [0.4, 0.5) is 5.69 Å². The number of hydrogen-bond acceptors (Lipinski definition) is 7. The molecule has 0 radical (unpaired) electrons. The molecule has 1 aliphatic heterocycles. The van der Waals surface area contributed by atoms with Gasteiger partial charge in [0.1, 0.15) is 11.6 Å². The van der Waals surface area contributed by atoms with Crippen molar-refractivity contribution < 1.29 is 22.9 Å². The second kappa shape index (κ2) is 7.29. The summed E-state index contributed by atoms with van der Waals surface area (Å²) in [6.45, 7) is 5.80. The first-order chi connectivity index (χ1) is 11.9. The number of nitro groups is 1. The summed E-state index contributed by atoms with van der Waals surface area (Å²) in [7, 11) is -2.12. The quantitative estimate of drug-likeness (QED) is 0.436. The molecule has 1 unspecified atom stereocenters. The van der Waals surface area contributed by atoms with Gasteiger partial charge in [-0.15, -0.1) is 0 Å². The zero-order chi connectivity index (χ0) is 19.7. The topological polar surface area (TPSA) is 110 Å². The second-order valence-corrected chi connectivity index (χ2v) is 9.08. The van der Waals surface area contributed by atoms with Crippen LogP contribution in [0.25, 0.3) is 0 Å². The number of benzene rings is 1. The molecule has 0 bridgehead atoms. The van der Waals surface area contributed by atoms with E-state index in [2.05, 4.69) is 0 Å². The van der Waals surface area contributed by atoms with Crippen LogP contribution in [0.5, 0.6) is 0 Å². The van der Waals surface area contributed by atoms with Crippen molar-refractivity contribution in [1.29, 1.82) is 0 Å². The summed E-state index contributed by atoms with van der Waals surface area (Å²) in [5.41, 5.74) is -0.855. The number of sulfonamides is 1. The summed E-state index contributed by atoms with van der Waals surface area (Å²) in [6, 6.07) is 3.99. The molecule has 1 aromatic carbocycles. The molecule has 0 N–H and O–H groups in total. The van der Waals surface area contributed by atoms with Crippen molar-refractivity contribution in [3.8, 4) is 0 Å². The van der Waals surface area contributed by atoms with Gasteiger partial charge in [-0.05, 0) is 40.0 Å². The summed E-state index contributed by atoms with van der Waals surface area (Å²) in [5, 5.41) is 10.7. The summed E-state index contributed by atoms with van der Waals surface area (Å²) in [4.78, 5) is 24.2. The van der Waals surface area contributed by atoms with Crippen LogP contribution in [0, 0.1) is 10.1 Å². The molecule has 0 amide bonds. The van der Waals surface area contributed by atoms with Crippen LogP contribution in [0.3, 0.4) is 0 Å². The number of carbonyl (C=O) groups is 1. The maximum absolute atomic E-state index is 12.8. The van der Waals surface area contributed by atoms with Crippen molar-refractivity contribution in [2.75, 3.05) is 26.7 Å². The first-order valence-electron chi connectivity index (χ1n) is 8.09. The van der Waals surface area contributed by atoms with Crippen LogP contribution in [0.15, 0.2) is 29.2 Å². The van der Waals surface area contributed by atoms with Gasteiger partial charge in [0.2, 0.25) is 10.0 Å². The Morgan fingerprint density at radius 1 is 1.23 bits per heavy atom. The van der Waals surface area contributed by atoms with Crippen molar-refractivity contribution >= 4 is 21.7 Å². The van der Waals surface area contributed by atoms with E-state index in [0.29, 0.717) is 6.54 Å². The molecule has 1 atom stereocenters. The van der Waals surface area contributed by atoms with Gasteiger partial charge in [0.15, 0.2) is 0 Å². The number of esters is 1. The van der Waals surface area contributed by atoms with Crippen LogP contribution in [-0.4, -0.2) is 66.8 Å². The van der Waals surface area contributed by atoms with Crippen LogP contribution < -0.4 is 0 Å². The maximum atomic E-state index is 12.8. The van der Waals surface area contributed by atoms with Gasteiger partial charge in [-0.25, -0.2) is 8.42 Å². The van der Waals surface area contributed by atoms with Crippen LogP contribution >= 0.6 is 0 Å². The van der Waals surface area contributed by atoms with E-state index in [1.54, 1.807) is 32.7 Å². The zero-order valence-corrected chi connectivity index (χ0v) is 16.0. The van der Waals surface area contributed by atoms with E-state index < -0.39 is 32.6 Å². The molecule has 1 aromatic rings. The number of hydrogen-bond donors (Lipinski definition) is 0. The number of piperazine rings is 1. The molecule has 0 aliphatic carbocycles. The first-order valence-corrected chi connectivity index (χ1v) is 9.53. The van der Waals surface area contributed by atoms with Crippen molar-refractivity contribution in [3.63, 3.8) is 0 Å². The van der Waals surface area contributed by atoms with Gasteiger partial charge >= 0.3 is 5.97 Å². The van der Waals surface area contributed by atoms with Crippen LogP contribution in [0.1, 0.15) is 20.8 Å². The lowest BCUT2D eigenvalue weighted by Crippen LogP contribution is -2.57. The summed E-state index contributed by atoms with van der Waals surface area (Å²) in [6.07, 6.45) is 0. The highest BCUT2D eigenvalue weighted by molar-refractivity contribution is 7.89. The minimum atomic E-state index is -3.86. The fourth-order valence-corrected chi connectivity index (χ4v) is 4.02. The lowest BCUT2D eigenvalue weighted by molar-refractivity contribution is -0.384. The standard InChI is InChI=1S/C16H23N3O6S/c1-16(2,3)25-15(20)14-11-18(10-9-17(14)4)26(23,24)13-7-5-12(6-8-13)19(21)22/h5-8,14H,9-11H2,1-4H3. The highest BCUT2D eigenvalue weighted by Gasteiger charge is 2.38. The Morgan fingerprint density at radius 3 is 2.31 bits per heavy atom. The second-order valence-electron chi connectivity index (χ2n) is 7.14. The third-order valence-corrected chi connectivity index (χ3v) is 5.85. The smallest absolute Gasteiger partial charge is 0.325 e. The molecule has 9 nitrogen and oxygen atoms in total. The van der Waals surface area contributed by atoms with Gasteiger partial charge in [0.25, 0.3) is 5.69 Å². The summed E-state index contributed by atoms with van der Waals surface area (Å²) in [5.74, 6) is -0.483. The third-order valence-electron chi connectivity index (χ3n) is 3.97. The molecular formula is C16H23N3O6S. The van der Waals surface area contributed by atoms with E-state index in [1.807, 2.05) is 0 Å². The normalized spacial score (nSPS) is 19.9. The predicted molar refractivity (Wildman–Crippen MR) is 94.1 cm³/mol. The Balaban J connectivity index is 2.21. The fraction of sp³-hybridized carbons (Fsp3) is 0.562. The lowest BCUT2D eigenvalue weighted by atomic mass is 10.1. The van der Waals surface area contributed by atoms with Crippen LogP contribution in [0.2, 0.25) is 0 Å². The highest BCUT2D eigenvalue weighted by atomic mass is 32.2. The predicted octanol–water partition coefficient (Wildman–Crippen LogP) is 1.24. The number of ether oxygens (including phenoxy) is 1. The zero-order valence-electron chi connectivity index (χ0n) is 15.2. The number of carbonyl (C=O) groups excluding carboxylic acids is 1. The molecule has 1 saturated heterocycles. The molecule has 1 heterocycles. The molecule has 0 saturated carbocycles. The average Bonchev–Trinajstić information content (AvgIpc) is 2.53. The van der Waals surface area contributed by atoms with E-state index in [9.17, 15) is 23.3 Å². The van der Waals surface area contributed by atoms with E-state index in [0.717, 1.165) is 12.1 Å². The largest absolute Gasteiger partial charge is 0.459 e. The monoisotopic (exact) mass is 385 g/mol. The third kappa shape index (κ3) is 4.57. The number of nitrogens with zero attached hydrogens (tertiary/aromatic N) is 3. The number of non-ortho nitro benzene ring substituents is 1. The number of rotatable bonds is 4. The minimum Gasteiger partial charge on any atom is -0.459 e. The summed E-state index contributed by atoms with van der Waals surface area (Å²) >= 11 is 0. The number of nitro benzene ring substituents is 1. The molecule has 1 fully saturated rings. The van der Waals surface area contributed by atoms with Crippen LogP contribution in [-0.2, 0) is 19.6 Å². The fourth-order valence-electron chi connectivity index (χ4n) is 2.58. The van der Waals surface area contributed by atoms with Gasteiger partial charge in [-0.2, -0.15) is 4.31 Å². The van der Waals surface area contributed by atoms with Crippen molar-refractivity contribution in [2.45, 2.75) is 37.3 Å².